The lowest BCUT2D eigenvalue weighted by Gasteiger charge is -2.40. The maximum absolute atomic E-state index is 13.5. The minimum atomic E-state index is -7.83. The van der Waals surface area contributed by atoms with Crippen LogP contribution in [0, 0.1) is 0 Å². The van der Waals surface area contributed by atoms with Gasteiger partial charge in [0.2, 0.25) is 0 Å². The molecule has 14 heteroatoms. The Morgan fingerprint density at radius 3 is 1.23 bits per heavy atom. The lowest BCUT2D eigenvalue weighted by Crippen LogP contribution is -2.70. The van der Waals surface area contributed by atoms with Crippen LogP contribution in [-0.4, -0.2) is 67.5 Å². The molecule has 0 saturated carbocycles. The van der Waals surface area contributed by atoms with Gasteiger partial charge in [0.25, 0.3) is 0 Å². The molecule has 0 N–H and O–H groups in total. The van der Waals surface area contributed by atoms with Crippen LogP contribution in [0.15, 0.2) is 0 Å². The Morgan fingerprint density at radius 1 is 0.577 bits per heavy atom. The second-order valence-electron chi connectivity index (χ2n) is 6.23. The Labute approximate surface area is 139 Å². The van der Waals surface area contributed by atoms with E-state index in [1.165, 1.54) is 21.0 Å². The first-order valence-corrected chi connectivity index (χ1v) is 6.79. The Hall–Kier alpha value is -0.950. The highest BCUT2D eigenvalue weighted by atomic mass is 19.4. The summed E-state index contributed by atoms with van der Waals surface area (Å²) in [4.78, 5) is 0. The van der Waals surface area contributed by atoms with Crippen LogP contribution in [0.25, 0.3) is 0 Å². The zero-order valence-corrected chi connectivity index (χ0v) is 13.5. The Bertz CT molecular complexity index is 492. The molecule has 0 bridgehead atoms. The summed E-state index contributed by atoms with van der Waals surface area (Å²) in [6.07, 6.45) is -9.55. The van der Waals surface area contributed by atoms with E-state index in [0.717, 1.165) is 0 Å². The van der Waals surface area contributed by atoms with E-state index in [2.05, 4.69) is 0 Å². The minimum Gasteiger partial charge on any atom is -0.329 e. The Balaban J connectivity index is 6.01. The molecule has 0 fully saturated rings. The monoisotopic (exact) mass is 420 g/mol. The van der Waals surface area contributed by atoms with Gasteiger partial charge >= 0.3 is 35.8 Å². The van der Waals surface area contributed by atoms with E-state index in [1.807, 2.05) is 0 Å². The molecular weight excluding hydrogens is 405 g/mol. The summed E-state index contributed by atoms with van der Waals surface area (Å²) in [7, 11) is 2.36. The smallest absolute Gasteiger partial charge is 0.329 e. The normalized spacial score (nSPS) is 16.2. The average Bonchev–Trinajstić information content (AvgIpc) is 2.43. The first-order chi connectivity index (χ1) is 11.0. The van der Waals surface area contributed by atoms with Crippen LogP contribution in [0.2, 0.25) is 0 Å². The molecule has 0 aromatic carbocycles. The summed E-state index contributed by atoms with van der Waals surface area (Å²) < 4.78 is 167. The third-order valence-corrected chi connectivity index (χ3v) is 3.89. The number of hydrogen-bond donors (Lipinski definition) is 0. The fourth-order valence-corrected chi connectivity index (χ4v) is 1.56. The fraction of sp³-hybridized carbons (Fsp3) is 1.00. The molecule has 26 heavy (non-hydrogen) atoms. The molecule has 0 amide bonds. The Morgan fingerprint density at radius 2 is 0.923 bits per heavy atom. The number of quaternary nitrogens is 1. The highest BCUT2D eigenvalue weighted by Gasteiger charge is 2.90. The van der Waals surface area contributed by atoms with Gasteiger partial charge < -0.3 is 4.48 Å². The van der Waals surface area contributed by atoms with E-state index in [4.69, 9.17) is 0 Å². The predicted octanol–water partition coefficient (Wildman–Crippen LogP) is 5.21. The van der Waals surface area contributed by atoms with Gasteiger partial charge in [-0.3, -0.25) is 0 Å². The lowest BCUT2D eigenvalue weighted by atomic mass is 9.92. The molecule has 0 atom stereocenters. The molecule has 0 aliphatic carbocycles. The zero-order chi connectivity index (χ0) is 21.6. The van der Waals surface area contributed by atoms with Gasteiger partial charge in [-0.25, -0.2) is 0 Å². The van der Waals surface area contributed by atoms with E-state index in [1.54, 1.807) is 0 Å². The average molecular weight is 420 g/mol. The molecule has 0 aromatic heterocycles. The fourth-order valence-electron chi connectivity index (χ4n) is 1.56. The first kappa shape index (κ1) is 25.1. The van der Waals surface area contributed by atoms with Gasteiger partial charge in [0.1, 0.15) is 0 Å². The maximum atomic E-state index is 13.5. The summed E-state index contributed by atoms with van der Waals surface area (Å²) >= 11 is 0. The van der Waals surface area contributed by atoms with Gasteiger partial charge in [-0.1, -0.05) is 0 Å². The van der Waals surface area contributed by atoms with Crippen molar-refractivity contribution in [3.8, 4) is 0 Å². The van der Waals surface area contributed by atoms with Crippen LogP contribution in [0.4, 0.5) is 57.1 Å². The van der Waals surface area contributed by atoms with E-state index < -0.39 is 53.2 Å². The third kappa shape index (κ3) is 3.84. The highest BCUT2D eigenvalue weighted by molar-refractivity contribution is 5.10. The number of halogens is 13. The van der Waals surface area contributed by atoms with Crippen molar-refractivity contribution < 1.29 is 61.6 Å². The summed E-state index contributed by atoms with van der Waals surface area (Å²) in [5, 5.41) is 0. The van der Waals surface area contributed by atoms with E-state index in [-0.39, 0.29) is 6.54 Å². The molecule has 0 spiro atoms. The standard InChI is InChI=1S/C12H15F13N/c1-4-26(2,3)6-5-7(13,14)8(15,16)9(17,18)10(19,20)11(21,22)12(23,24)25/h4-6H2,1-3H3/q+1. The van der Waals surface area contributed by atoms with Crippen molar-refractivity contribution in [2.45, 2.75) is 49.1 Å². The topological polar surface area (TPSA) is 0 Å². The predicted molar refractivity (Wildman–Crippen MR) is 62.9 cm³/mol. The van der Waals surface area contributed by atoms with Crippen molar-refractivity contribution in [2.75, 3.05) is 27.2 Å². The first-order valence-electron chi connectivity index (χ1n) is 6.79. The second kappa shape index (κ2) is 6.59. The largest absolute Gasteiger partial charge is 0.460 e. The Kier molecular flexibility index (Phi) is 6.34. The second-order valence-corrected chi connectivity index (χ2v) is 6.23. The highest BCUT2D eigenvalue weighted by Crippen LogP contribution is 2.60. The van der Waals surface area contributed by atoms with Crippen LogP contribution in [-0.2, 0) is 0 Å². The number of rotatable bonds is 8. The molecule has 0 aromatic rings. The van der Waals surface area contributed by atoms with Crippen molar-refractivity contribution in [3.63, 3.8) is 0 Å². The van der Waals surface area contributed by atoms with E-state index >= 15 is 0 Å². The van der Waals surface area contributed by atoms with Crippen molar-refractivity contribution in [2.24, 2.45) is 0 Å². The molecule has 0 saturated heterocycles. The molecule has 0 heterocycles. The summed E-state index contributed by atoms with van der Waals surface area (Å²) in [6.45, 7) is 0.416. The van der Waals surface area contributed by atoms with Gasteiger partial charge in [0, 0.05) is 0 Å². The molecule has 0 aliphatic rings. The third-order valence-electron chi connectivity index (χ3n) is 3.89. The molecular formula is C12H15F13N+. The molecule has 158 valence electrons. The van der Waals surface area contributed by atoms with Crippen LogP contribution in [0.3, 0.4) is 0 Å². The molecule has 0 unspecified atom stereocenters. The van der Waals surface area contributed by atoms with Gasteiger partial charge in [-0.15, -0.1) is 0 Å². The number of nitrogens with zero attached hydrogens (tertiary/aromatic N) is 1. The van der Waals surface area contributed by atoms with Gasteiger partial charge in [-0.2, -0.15) is 57.1 Å². The van der Waals surface area contributed by atoms with Crippen LogP contribution >= 0.6 is 0 Å². The SMILES string of the molecule is CC[N+](C)(C)CCC(F)(F)C(F)(F)C(F)(F)C(F)(F)C(F)(F)C(F)(F)F. The summed E-state index contributed by atoms with van der Waals surface area (Å²) in [6, 6.07) is 0. The molecule has 1 nitrogen and oxygen atoms in total. The minimum absolute atomic E-state index is 0.0142. The summed E-state index contributed by atoms with van der Waals surface area (Å²) in [5.74, 6) is -36.4. The lowest BCUT2D eigenvalue weighted by molar-refractivity contribution is -0.889. The van der Waals surface area contributed by atoms with Gasteiger partial charge in [0.15, 0.2) is 0 Å². The van der Waals surface area contributed by atoms with Crippen LogP contribution < -0.4 is 0 Å². The van der Waals surface area contributed by atoms with E-state index in [9.17, 15) is 57.1 Å². The molecule has 0 rings (SSSR count). The van der Waals surface area contributed by atoms with E-state index in [0.29, 0.717) is 0 Å². The van der Waals surface area contributed by atoms with Crippen molar-refractivity contribution >= 4 is 0 Å². The number of hydrogen-bond acceptors (Lipinski definition) is 0. The quantitative estimate of drug-likeness (QED) is 0.374. The maximum Gasteiger partial charge on any atom is 0.460 e. The zero-order valence-electron chi connectivity index (χ0n) is 13.5. The molecule has 0 radical (unpaired) electrons. The van der Waals surface area contributed by atoms with Crippen molar-refractivity contribution in [1.82, 2.24) is 0 Å². The van der Waals surface area contributed by atoms with Crippen molar-refractivity contribution in [1.29, 1.82) is 0 Å². The molecule has 0 aliphatic heterocycles. The van der Waals surface area contributed by atoms with Crippen LogP contribution in [0.1, 0.15) is 13.3 Å². The van der Waals surface area contributed by atoms with Gasteiger partial charge in [-0.05, 0) is 6.92 Å². The van der Waals surface area contributed by atoms with Crippen molar-refractivity contribution in [3.05, 3.63) is 0 Å². The number of alkyl halides is 13. The summed E-state index contributed by atoms with van der Waals surface area (Å²) in [5.41, 5.74) is 0. The van der Waals surface area contributed by atoms with Crippen LogP contribution in [0.5, 0.6) is 0 Å². The van der Waals surface area contributed by atoms with Gasteiger partial charge in [0.05, 0.1) is 33.6 Å².